The van der Waals surface area contributed by atoms with Gasteiger partial charge in [-0.05, 0) is 36.4 Å². The van der Waals surface area contributed by atoms with Crippen LogP contribution in [0.2, 0.25) is 5.02 Å². The minimum atomic E-state index is 0.717. The first kappa shape index (κ1) is 15.9. The summed E-state index contributed by atoms with van der Waals surface area (Å²) in [5.41, 5.74) is 5.99. The second-order valence-corrected chi connectivity index (χ2v) is 6.87. The molecule has 0 aliphatic carbocycles. The number of hydrogen-bond donors (Lipinski definition) is 0. The van der Waals surface area contributed by atoms with Crippen LogP contribution in [0.15, 0.2) is 85.4 Å². The Morgan fingerprint density at radius 1 is 0.815 bits per heavy atom. The van der Waals surface area contributed by atoms with Crippen LogP contribution in [0, 0.1) is 0 Å². The fourth-order valence-corrected chi connectivity index (χ4v) is 3.63. The van der Waals surface area contributed by atoms with Crippen LogP contribution in [-0.2, 0) is 0 Å². The number of fused-ring (bicyclic) bond motifs is 3. The smallest absolute Gasteiger partial charge is 0.161 e. The molecule has 2 heterocycles. The third-order valence-electron chi connectivity index (χ3n) is 4.77. The van der Waals surface area contributed by atoms with Gasteiger partial charge < -0.3 is 4.90 Å². The molecule has 5 rings (SSSR count). The van der Waals surface area contributed by atoms with E-state index in [1.165, 1.54) is 0 Å². The number of imidazole rings is 1. The predicted molar refractivity (Wildman–Crippen MR) is 113 cm³/mol. The molecule has 0 atom stereocenters. The number of benzene rings is 3. The lowest BCUT2D eigenvalue weighted by molar-refractivity contribution is 1.07. The molecule has 0 fully saturated rings. The van der Waals surface area contributed by atoms with Gasteiger partial charge in [-0.2, -0.15) is 0 Å². The summed E-state index contributed by atoms with van der Waals surface area (Å²) < 4.78 is 2.11. The van der Waals surface area contributed by atoms with E-state index in [9.17, 15) is 0 Å². The van der Waals surface area contributed by atoms with Crippen molar-refractivity contribution >= 4 is 45.9 Å². The van der Waals surface area contributed by atoms with Crippen molar-refractivity contribution in [3.63, 3.8) is 0 Å². The van der Waals surface area contributed by atoms with Crippen molar-refractivity contribution in [2.75, 3.05) is 4.90 Å². The van der Waals surface area contributed by atoms with Crippen LogP contribution < -0.4 is 4.90 Å². The van der Waals surface area contributed by atoms with Crippen LogP contribution in [0.4, 0.5) is 5.69 Å². The first-order valence-corrected chi connectivity index (χ1v) is 9.09. The molecule has 0 radical (unpaired) electrons. The second kappa shape index (κ2) is 6.15. The van der Waals surface area contributed by atoms with Gasteiger partial charge >= 0.3 is 0 Å². The molecule has 130 valence electrons. The number of anilines is 1. The Morgan fingerprint density at radius 3 is 2.30 bits per heavy atom. The summed E-state index contributed by atoms with van der Waals surface area (Å²) in [7, 11) is 0. The largest absolute Gasteiger partial charge is 0.305 e. The Labute approximate surface area is 162 Å². The van der Waals surface area contributed by atoms with E-state index in [0.29, 0.717) is 5.02 Å². The lowest BCUT2D eigenvalue weighted by Gasteiger charge is -2.32. The average molecular weight is 370 g/mol. The van der Waals surface area contributed by atoms with Crippen LogP contribution in [0.5, 0.6) is 0 Å². The summed E-state index contributed by atoms with van der Waals surface area (Å²) in [5, 5.41) is 0.717. The number of rotatable bonds is 2. The van der Waals surface area contributed by atoms with Gasteiger partial charge in [-0.1, -0.05) is 60.6 Å². The van der Waals surface area contributed by atoms with Crippen LogP contribution in [0.1, 0.15) is 11.4 Å². The van der Waals surface area contributed by atoms with E-state index in [4.69, 9.17) is 16.6 Å². The summed E-state index contributed by atoms with van der Waals surface area (Å²) in [5.74, 6) is 0.845. The van der Waals surface area contributed by atoms with Crippen molar-refractivity contribution in [3.8, 4) is 0 Å². The highest BCUT2D eigenvalue weighted by Crippen LogP contribution is 2.39. The molecule has 0 amide bonds. The van der Waals surface area contributed by atoms with E-state index in [2.05, 4.69) is 40.4 Å². The lowest BCUT2D eigenvalue weighted by Crippen LogP contribution is -2.25. The Balaban J connectivity index is 1.79. The maximum absolute atomic E-state index is 6.11. The molecular formula is C23H16ClN3. The molecule has 0 saturated heterocycles. The number of hydrogen-bond acceptors (Lipinski definition) is 2. The fourth-order valence-electron chi connectivity index (χ4n) is 3.50. The van der Waals surface area contributed by atoms with Crippen LogP contribution in [0.25, 0.3) is 28.6 Å². The standard InChI is InChI=1S/C23H16ClN3/c1-16-23-25-20-9-5-6-10-21(20)26(23)15-22(17-11-13-18(24)14-12-17)27(16)19-7-3-2-4-8-19/h2-15H,1H2. The van der Waals surface area contributed by atoms with Crippen molar-refractivity contribution in [1.82, 2.24) is 9.55 Å². The van der Waals surface area contributed by atoms with Crippen molar-refractivity contribution < 1.29 is 0 Å². The third kappa shape index (κ3) is 2.56. The summed E-state index contributed by atoms with van der Waals surface area (Å²) in [6.45, 7) is 4.38. The van der Waals surface area contributed by atoms with Crippen molar-refractivity contribution in [3.05, 3.63) is 102 Å². The van der Waals surface area contributed by atoms with E-state index >= 15 is 0 Å². The van der Waals surface area contributed by atoms with Crippen LogP contribution >= 0.6 is 11.6 Å². The molecule has 0 N–H and O–H groups in total. The number of halogens is 1. The lowest BCUT2D eigenvalue weighted by atomic mass is 10.1. The molecule has 0 spiro atoms. The van der Waals surface area contributed by atoms with E-state index in [1.54, 1.807) is 0 Å². The molecular weight excluding hydrogens is 354 g/mol. The minimum Gasteiger partial charge on any atom is -0.305 e. The van der Waals surface area contributed by atoms with Crippen LogP contribution in [0.3, 0.4) is 0 Å². The minimum absolute atomic E-state index is 0.717. The van der Waals surface area contributed by atoms with Gasteiger partial charge in [0.15, 0.2) is 5.82 Å². The highest BCUT2D eigenvalue weighted by Gasteiger charge is 2.27. The summed E-state index contributed by atoms with van der Waals surface area (Å²) in [6, 6.07) is 26.2. The van der Waals surface area contributed by atoms with Gasteiger partial charge in [-0.25, -0.2) is 4.98 Å². The molecule has 3 aromatic carbocycles. The van der Waals surface area contributed by atoms with Gasteiger partial charge in [0.1, 0.15) is 0 Å². The van der Waals surface area contributed by atoms with Gasteiger partial charge in [-0.3, -0.25) is 4.57 Å². The number of nitrogens with zero attached hydrogens (tertiary/aromatic N) is 3. The molecule has 0 unspecified atom stereocenters. The Bertz CT molecular complexity index is 1190. The molecule has 1 aliphatic rings. The van der Waals surface area contributed by atoms with Gasteiger partial charge in [0.2, 0.25) is 0 Å². The molecule has 1 aromatic heterocycles. The van der Waals surface area contributed by atoms with E-state index in [-0.39, 0.29) is 0 Å². The Kier molecular flexibility index (Phi) is 3.62. The molecule has 1 aliphatic heterocycles. The van der Waals surface area contributed by atoms with Crippen molar-refractivity contribution in [2.45, 2.75) is 0 Å². The zero-order valence-corrected chi connectivity index (χ0v) is 15.3. The Hall–Kier alpha value is -3.30. The molecule has 27 heavy (non-hydrogen) atoms. The van der Waals surface area contributed by atoms with Crippen molar-refractivity contribution in [2.24, 2.45) is 0 Å². The topological polar surface area (TPSA) is 21.1 Å². The van der Waals surface area contributed by atoms with E-state index in [0.717, 1.165) is 39.5 Å². The zero-order chi connectivity index (χ0) is 18.4. The van der Waals surface area contributed by atoms with E-state index in [1.807, 2.05) is 60.7 Å². The summed E-state index contributed by atoms with van der Waals surface area (Å²) in [4.78, 5) is 6.95. The monoisotopic (exact) mass is 369 g/mol. The molecule has 4 aromatic rings. The van der Waals surface area contributed by atoms with Crippen molar-refractivity contribution in [1.29, 1.82) is 0 Å². The van der Waals surface area contributed by atoms with Gasteiger partial charge in [-0.15, -0.1) is 0 Å². The highest BCUT2D eigenvalue weighted by molar-refractivity contribution is 6.30. The first-order valence-electron chi connectivity index (χ1n) is 8.71. The highest BCUT2D eigenvalue weighted by atomic mass is 35.5. The molecule has 3 nitrogen and oxygen atoms in total. The number of aromatic nitrogens is 2. The van der Waals surface area contributed by atoms with Gasteiger partial charge in [0.25, 0.3) is 0 Å². The normalized spacial score (nSPS) is 13.6. The zero-order valence-electron chi connectivity index (χ0n) is 14.5. The molecule has 4 heteroatoms. The maximum Gasteiger partial charge on any atom is 0.161 e. The summed E-state index contributed by atoms with van der Waals surface area (Å²) in [6.07, 6.45) is 2.12. The first-order chi connectivity index (χ1) is 13.2. The average Bonchev–Trinajstić information content (AvgIpc) is 3.08. The SMILES string of the molecule is C=C1c2nc3ccccc3n2C=C(c2ccc(Cl)cc2)N1c1ccccc1. The second-order valence-electron chi connectivity index (χ2n) is 6.43. The van der Waals surface area contributed by atoms with Gasteiger partial charge in [0.05, 0.1) is 22.4 Å². The van der Waals surface area contributed by atoms with Crippen LogP contribution in [-0.4, -0.2) is 9.55 Å². The number of para-hydroxylation sites is 3. The third-order valence-corrected chi connectivity index (χ3v) is 5.02. The fraction of sp³-hybridized carbons (Fsp3) is 0. The Morgan fingerprint density at radius 2 is 1.52 bits per heavy atom. The summed E-state index contributed by atoms with van der Waals surface area (Å²) >= 11 is 6.11. The molecule has 0 bridgehead atoms. The maximum atomic E-state index is 6.11. The quantitative estimate of drug-likeness (QED) is 0.423. The van der Waals surface area contributed by atoms with Gasteiger partial charge in [0, 0.05) is 22.5 Å². The molecule has 0 saturated carbocycles. The predicted octanol–water partition coefficient (Wildman–Crippen LogP) is 6.14. The van der Waals surface area contributed by atoms with E-state index < -0.39 is 0 Å².